The largest absolute Gasteiger partial charge is 0.339 e. The molecule has 0 aromatic carbocycles. The standard InChI is InChI=1S/C13H27N3O/c1-3-16(12-7-8-12)13(17)11-15(2)10-6-4-5-9-14/h12H,3-11,14H2,1-2H3. The molecule has 0 bridgehead atoms. The number of hydrogen-bond donors (Lipinski definition) is 1. The Morgan fingerprint density at radius 2 is 2.00 bits per heavy atom. The quantitative estimate of drug-likeness (QED) is 0.614. The minimum atomic E-state index is 0.288. The maximum absolute atomic E-state index is 12.0. The Morgan fingerprint density at radius 1 is 1.29 bits per heavy atom. The summed E-state index contributed by atoms with van der Waals surface area (Å²) in [6, 6.07) is 0.540. The highest BCUT2D eigenvalue weighted by molar-refractivity contribution is 5.78. The van der Waals surface area contributed by atoms with Crippen LogP contribution in [0.2, 0.25) is 0 Å². The third kappa shape index (κ3) is 5.50. The fourth-order valence-electron chi connectivity index (χ4n) is 2.13. The number of unbranched alkanes of at least 4 members (excludes halogenated alkanes) is 2. The Morgan fingerprint density at radius 3 is 2.53 bits per heavy atom. The van der Waals surface area contributed by atoms with Gasteiger partial charge in [-0.05, 0) is 52.7 Å². The van der Waals surface area contributed by atoms with E-state index in [0.717, 1.165) is 38.9 Å². The molecule has 0 atom stereocenters. The second-order valence-electron chi connectivity index (χ2n) is 5.00. The highest BCUT2D eigenvalue weighted by Crippen LogP contribution is 2.26. The molecule has 1 saturated carbocycles. The lowest BCUT2D eigenvalue weighted by Gasteiger charge is -2.24. The zero-order valence-corrected chi connectivity index (χ0v) is 11.3. The fourth-order valence-corrected chi connectivity index (χ4v) is 2.13. The molecule has 1 aliphatic rings. The molecule has 1 amide bonds. The predicted molar refractivity (Wildman–Crippen MR) is 70.8 cm³/mol. The monoisotopic (exact) mass is 241 g/mol. The molecule has 1 aliphatic carbocycles. The molecular weight excluding hydrogens is 214 g/mol. The summed E-state index contributed by atoms with van der Waals surface area (Å²) < 4.78 is 0. The van der Waals surface area contributed by atoms with E-state index in [4.69, 9.17) is 5.73 Å². The molecule has 0 spiro atoms. The van der Waals surface area contributed by atoms with Gasteiger partial charge in [-0.3, -0.25) is 9.69 Å². The van der Waals surface area contributed by atoms with Crippen molar-refractivity contribution in [2.75, 3.05) is 33.2 Å². The van der Waals surface area contributed by atoms with Crippen LogP contribution in [0.4, 0.5) is 0 Å². The third-order valence-electron chi connectivity index (χ3n) is 3.30. The zero-order chi connectivity index (χ0) is 12.7. The Bertz CT molecular complexity index is 229. The molecule has 100 valence electrons. The van der Waals surface area contributed by atoms with Crippen molar-refractivity contribution >= 4 is 5.91 Å². The van der Waals surface area contributed by atoms with Gasteiger partial charge in [0, 0.05) is 12.6 Å². The number of rotatable bonds is 9. The van der Waals surface area contributed by atoms with Crippen LogP contribution < -0.4 is 5.73 Å². The summed E-state index contributed by atoms with van der Waals surface area (Å²) in [5, 5.41) is 0. The lowest BCUT2D eigenvalue weighted by Crippen LogP contribution is -2.40. The SMILES string of the molecule is CCN(C(=O)CN(C)CCCCCN)C1CC1. The molecule has 1 fully saturated rings. The Hall–Kier alpha value is -0.610. The average Bonchev–Trinajstić information content (AvgIpc) is 3.10. The van der Waals surface area contributed by atoms with E-state index < -0.39 is 0 Å². The van der Waals surface area contributed by atoms with Crippen molar-refractivity contribution in [1.29, 1.82) is 0 Å². The first-order valence-electron chi connectivity index (χ1n) is 6.87. The molecule has 0 heterocycles. The first kappa shape index (κ1) is 14.5. The van der Waals surface area contributed by atoms with Crippen LogP contribution in [0.1, 0.15) is 39.0 Å². The highest BCUT2D eigenvalue weighted by Gasteiger charge is 2.31. The van der Waals surface area contributed by atoms with Crippen LogP contribution in [-0.2, 0) is 4.79 Å². The summed E-state index contributed by atoms with van der Waals surface area (Å²) >= 11 is 0. The molecule has 0 radical (unpaired) electrons. The number of likely N-dealkylation sites (N-methyl/N-ethyl adjacent to an activating group) is 2. The molecule has 4 heteroatoms. The number of nitrogens with zero attached hydrogens (tertiary/aromatic N) is 2. The van der Waals surface area contributed by atoms with Gasteiger partial charge in [0.2, 0.25) is 5.91 Å². The van der Waals surface area contributed by atoms with E-state index in [2.05, 4.69) is 11.8 Å². The van der Waals surface area contributed by atoms with Crippen molar-refractivity contribution < 1.29 is 4.79 Å². The van der Waals surface area contributed by atoms with E-state index in [1.165, 1.54) is 12.8 Å². The lowest BCUT2D eigenvalue weighted by atomic mass is 10.2. The van der Waals surface area contributed by atoms with Crippen molar-refractivity contribution in [2.45, 2.75) is 45.1 Å². The molecule has 17 heavy (non-hydrogen) atoms. The maximum atomic E-state index is 12.0. The van der Waals surface area contributed by atoms with E-state index in [-0.39, 0.29) is 5.91 Å². The van der Waals surface area contributed by atoms with Gasteiger partial charge < -0.3 is 10.6 Å². The van der Waals surface area contributed by atoms with E-state index in [1.54, 1.807) is 0 Å². The van der Waals surface area contributed by atoms with Gasteiger partial charge in [0.05, 0.1) is 6.54 Å². The summed E-state index contributed by atoms with van der Waals surface area (Å²) in [6.45, 7) is 5.25. The summed E-state index contributed by atoms with van der Waals surface area (Å²) in [4.78, 5) is 16.2. The van der Waals surface area contributed by atoms with Gasteiger partial charge in [0.1, 0.15) is 0 Å². The number of hydrogen-bond acceptors (Lipinski definition) is 3. The van der Waals surface area contributed by atoms with E-state index >= 15 is 0 Å². The first-order chi connectivity index (χ1) is 8.19. The van der Waals surface area contributed by atoms with Crippen molar-refractivity contribution in [2.24, 2.45) is 5.73 Å². The van der Waals surface area contributed by atoms with Gasteiger partial charge >= 0.3 is 0 Å². The van der Waals surface area contributed by atoms with E-state index in [9.17, 15) is 4.79 Å². The average molecular weight is 241 g/mol. The maximum Gasteiger partial charge on any atom is 0.236 e. The molecule has 2 N–H and O–H groups in total. The lowest BCUT2D eigenvalue weighted by molar-refractivity contribution is -0.132. The van der Waals surface area contributed by atoms with Crippen LogP contribution >= 0.6 is 0 Å². The van der Waals surface area contributed by atoms with Crippen LogP contribution in [0.3, 0.4) is 0 Å². The van der Waals surface area contributed by atoms with E-state index in [1.807, 2.05) is 11.9 Å². The zero-order valence-electron chi connectivity index (χ0n) is 11.3. The predicted octanol–water partition coefficient (Wildman–Crippen LogP) is 1.06. The molecule has 0 aromatic heterocycles. The van der Waals surface area contributed by atoms with Crippen LogP contribution in [0, 0.1) is 0 Å². The van der Waals surface area contributed by atoms with E-state index in [0.29, 0.717) is 12.6 Å². The molecule has 0 unspecified atom stereocenters. The van der Waals surface area contributed by atoms with Crippen molar-refractivity contribution in [3.05, 3.63) is 0 Å². The van der Waals surface area contributed by atoms with Crippen LogP contribution in [0.5, 0.6) is 0 Å². The molecule has 1 rings (SSSR count). The molecule has 0 aliphatic heterocycles. The van der Waals surface area contributed by atoms with Crippen LogP contribution in [0.25, 0.3) is 0 Å². The van der Waals surface area contributed by atoms with Gasteiger partial charge in [-0.25, -0.2) is 0 Å². The minimum absolute atomic E-state index is 0.288. The molecule has 4 nitrogen and oxygen atoms in total. The van der Waals surface area contributed by atoms with Gasteiger partial charge in [0.25, 0.3) is 0 Å². The van der Waals surface area contributed by atoms with Crippen LogP contribution in [0.15, 0.2) is 0 Å². The Balaban J connectivity index is 2.15. The van der Waals surface area contributed by atoms with Gasteiger partial charge in [-0.1, -0.05) is 6.42 Å². The molecule has 0 aromatic rings. The summed E-state index contributed by atoms with van der Waals surface area (Å²) in [7, 11) is 2.03. The molecular formula is C13H27N3O. The van der Waals surface area contributed by atoms with Crippen LogP contribution in [-0.4, -0.2) is 55.0 Å². The second kappa shape index (κ2) is 7.67. The number of amides is 1. The highest BCUT2D eigenvalue weighted by atomic mass is 16.2. The second-order valence-corrected chi connectivity index (χ2v) is 5.00. The Labute approximate surface area is 105 Å². The van der Waals surface area contributed by atoms with Gasteiger partial charge in [-0.15, -0.1) is 0 Å². The molecule has 0 saturated heterocycles. The third-order valence-corrected chi connectivity index (χ3v) is 3.30. The van der Waals surface area contributed by atoms with Crippen molar-refractivity contribution in [3.63, 3.8) is 0 Å². The van der Waals surface area contributed by atoms with Gasteiger partial charge in [0.15, 0.2) is 0 Å². The smallest absolute Gasteiger partial charge is 0.236 e. The Kier molecular flexibility index (Phi) is 6.52. The summed E-state index contributed by atoms with van der Waals surface area (Å²) in [5.74, 6) is 0.288. The first-order valence-corrected chi connectivity index (χ1v) is 6.87. The summed E-state index contributed by atoms with van der Waals surface area (Å²) in [6.07, 6.45) is 5.77. The topological polar surface area (TPSA) is 49.6 Å². The number of nitrogens with two attached hydrogens (primary N) is 1. The van der Waals surface area contributed by atoms with Gasteiger partial charge in [-0.2, -0.15) is 0 Å². The summed E-state index contributed by atoms with van der Waals surface area (Å²) in [5.41, 5.74) is 5.45. The number of carbonyl (C=O) groups excluding carboxylic acids is 1. The number of carbonyl (C=O) groups is 1. The van der Waals surface area contributed by atoms with Crippen molar-refractivity contribution in [1.82, 2.24) is 9.80 Å². The fraction of sp³-hybridized carbons (Fsp3) is 0.923. The van der Waals surface area contributed by atoms with Crippen molar-refractivity contribution in [3.8, 4) is 0 Å². The minimum Gasteiger partial charge on any atom is -0.339 e. The normalized spacial score (nSPS) is 15.3.